The summed E-state index contributed by atoms with van der Waals surface area (Å²) in [7, 11) is 1.98. The van der Waals surface area contributed by atoms with Crippen molar-refractivity contribution in [1.29, 1.82) is 0 Å². The van der Waals surface area contributed by atoms with Crippen molar-refractivity contribution in [2.24, 2.45) is 10.9 Å². The summed E-state index contributed by atoms with van der Waals surface area (Å²) in [6.07, 6.45) is 4.94. The number of nitrogens with zero attached hydrogens (tertiary/aromatic N) is 1. The summed E-state index contributed by atoms with van der Waals surface area (Å²) in [5.41, 5.74) is 1.35. The maximum atomic E-state index is 4.09. The maximum Gasteiger partial charge on any atom is 0.0255 e. The predicted molar refractivity (Wildman–Crippen MR) is 55.6 cm³/mol. The molecule has 0 bridgehead atoms. The number of hydrogen-bond acceptors (Lipinski definition) is 2. The van der Waals surface area contributed by atoms with E-state index in [0.717, 1.165) is 6.54 Å². The van der Waals surface area contributed by atoms with Gasteiger partial charge in [-0.3, -0.25) is 4.99 Å². The number of rotatable bonds is 5. The van der Waals surface area contributed by atoms with Crippen LogP contribution < -0.4 is 5.32 Å². The summed E-state index contributed by atoms with van der Waals surface area (Å²) in [6.45, 7) is 7.37. The van der Waals surface area contributed by atoms with E-state index in [4.69, 9.17) is 0 Å². The lowest BCUT2D eigenvalue weighted by molar-refractivity contribution is 0.583. The molecule has 2 heteroatoms. The van der Waals surface area contributed by atoms with Gasteiger partial charge in [0.05, 0.1) is 0 Å². The van der Waals surface area contributed by atoms with E-state index >= 15 is 0 Å². The van der Waals surface area contributed by atoms with Crippen molar-refractivity contribution < 1.29 is 0 Å². The molecular formula is C10H20N2. The van der Waals surface area contributed by atoms with Gasteiger partial charge in [-0.25, -0.2) is 0 Å². The Balaban J connectivity index is 3.82. The van der Waals surface area contributed by atoms with Crippen LogP contribution >= 0.6 is 0 Å². The van der Waals surface area contributed by atoms with E-state index in [2.05, 4.69) is 24.2 Å². The van der Waals surface area contributed by atoms with Gasteiger partial charge in [-0.1, -0.05) is 12.5 Å². The lowest BCUT2D eigenvalue weighted by Crippen LogP contribution is -2.11. The van der Waals surface area contributed by atoms with E-state index < -0.39 is 0 Å². The minimum absolute atomic E-state index is 0.626. The van der Waals surface area contributed by atoms with Crippen molar-refractivity contribution in [3.8, 4) is 0 Å². The molecule has 0 aromatic carbocycles. The lowest BCUT2D eigenvalue weighted by Gasteiger charge is -2.10. The summed E-state index contributed by atoms with van der Waals surface area (Å²) in [5, 5.41) is 3.14. The van der Waals surface area contributed by atoms with E-state index in [0.29, 0.717) is 5.92 Å². The predicted octanol–water partition coefficient (Wildman–Crippen LogP) is 2.23. The Hall–Kier alpha value is -0.630. The molecule has 0 aromatic heterocycles. The molecule has 0 aliphatic heterocycles. The SMILES string of the molecule is CC=N/C=C(\C)C(C)CCNC. The quantitative estimate of drug-likeness (QED) is 0.625. The van der Waals surface area contributed by atoms with Crippen molar-refractivity contribution in [3.05, 3.63) is 11.8 Å². The Kier molecular flexibility index (Phi) is 6.67. The van der Waals surface area contributed by atoms with Crippen LogP contribution in [-0.4, -0.2) is 19.8 Å². The Morgan fingerprint density at radius 1 is 1.58 bits per heavy atom. The molecule has 0 radical (unpaired) electrons. The molecule has 12 heavy (non-hydrogen) atoms. The Labute approximate surface area is 75.8 Å². The van der Waals surface area contributed by atoms with Gasteiger partial charge in [-0.15, -0.1) is 0 Å². The fraction of sp³-hybridized carbons (Fsp3) is 0.700. The fourth-order valence-corrected chi connectivity index (χ4v) is 0.908. The third-order valence-electron chi connectivity index (χ3n) is 2.03. The molecule has 2 nitrogen and oxygen atoms in total. The molecular weight excluding hydrogens is 148 g/mol. The smallest absolute Gasteiger partial charge is 0.0255 e. The zero-order valence-electron chi connectivity index (χ0n) is 8.59. The molecule has 0 aliphatic rings. The maximum absolute atomic E-state index is 4.09. The average Bonchev–Trinajstić information content (AvgIpc) is 2.10. The van der Waals surface area contributed by atoms with Crippen LogP contribution in [0.25, 0.3) is 0 Å². The summed E-state index contributed by atoms with van der Waals surface area (Å²) < 4.78 is 0. The van der Waals surface area contributed by atoms with Crippen LogP contribution in [0.4, 0.5) is 0 Å². The number of allylic oxidation sites excluding steroid dienone is 1. The van der Waals surface area contributed by atoms with E-state index in [1.165, 1.54) is 12.0 Å². The van der Waals surface area contributed by atoms with Gasteiger partial charge in [0, 0.05) is 12.4 Å². The van der Waals surface area contributed by atoms with Crippen LogP contribution in [0.1, 0.15) is 27.2 Å². The lowest BCUT2D eigenvalue weighted by atomic mass is 10.0. The second-order valence-corrected chi connectivity index (χ2v) is 3.07. The molecule has 0 rings (SSSR count). The Morgan fingerprint density at radius 3 is 2.75 bits per heavy atom. The zero-order chi connectivity index (χ0) is 9.40. The van der Waals surface area contributed by atoms with Gasteiger partial charge in [0.2, 0.25) is 0 Å². The average molecular weight is 168 g/mol. The van der Waals surface area contributed by atoms with Crippen molar-refractivity contribution in [2.45, 2.75) is 27.2 Å². The van der Waals surface area contributed by atoms with Gasteiger partial charge < -0.3 is 5.32 Å². The third kappa shape index (κ3) is 5.08. The Bertz CT molecular complexity index is 159. The topological polar surface area (TPSA) is 24.4 Å². The first-order valence-electron chi connectivity index (χ1n) is 4.51. The molecule has 0 aliphatic carbocycles. The minimum atomic E-state index is 0.626. The fourth-order valence-electron chi connectivity index (χ4n) is 0.908. The molecule has 0 saturated heterocycles. The highest BCUT2D eigenvalue weighted by atomic mass is 14.8. The van der Waals surface area contributed by atoms with E-state index in [-0.39, 0.29) is 0 Å². The highest BCUT2D eigenvalue weighted by Crippen LogP contribution is 2.12. The second-order valence-electron chi connectivity index (χ2n) is 3.07. The molecule has 1 atom stereocenters. The number of hydrogen-bond donors (Lipinski definition) is 1. The first-order valence-corrected chi connectivity index (χ1v) is 4.51. The summed E-state index contributed by atoms with van der Waals surface area (Å²) in [5.74, 6) is 0.626. The van der Waals surface area contributed by atoms with Gasteiger partial charge in [0.1, 0.15) is 0 Å². The van der Waals surface area contributed by atoms with Gasteiger partial charge in [0.15, 0.2) is 0 Å². The molecule has 0 amide bonds. The first kappa shape index (κ1) is 11.4. The molecule has 0 aromatic rings. The third-order valence-corrected chi connectivity index (χ3v) is 2.03. The molecule has 1 unspecified atom stereocenters. The van der Waals surface area contributed by atoms with E-state index in [1.807, 2.05) is 26.4 Å². The normalized spacial score (nSPS) is 15.5. The number of nitrogens with one attached hydrogen (secondary N) is 1. The monoisotopic (exact) mass is 168 g/mol. The minimum Gasteiger partial charge on any atom is -0.320 e. The van der Waals surface area contributed by atoms with Crippen LogP contribution in [0, 0.1) is 5.92 Å². The summed E-state index contributed by atoms with van der Waals surface area (Å²) >= 11 is 0. The standard InChI is InChI=1S/C10H20N2/c1-5-12-8-10(3)9(2)6-7-11-4/h5,8-9,11H,6-7H2,1-4H3/b10-8+,12-5?. The largest absolute Gasteiger partial charge is 0.320 e. The van der Waals surface area contributed by atoms with Gasteiger partial charge >= 0.3 is 0 Å². The van der Waals surface area contributed by atoms with Crippen LogP contribution in [0.15, 0.2) is 16.8 Å². The molecule has 0 heterocycles. The van der Waals surface area contributed by atoms with Crippen LogP contribution in [-0.2, 0) is 0 Å². The number of aliphatic imine (C=N–C) groups is 1. The van der Waals surface area contributed by atoms with Crippen molar-refractivity contribution >= 4 is 6.21 Å². The highest BCUT2D eigenvalue weighted by molar-refractivity contribution is 5.54. The molecule has 0 spiro atoms. The molecule has 70 valence electrons. The van der Waals surface area contributed by atoms with Crippen LogP contribution in [0.2, 0.25) is 0 Å². The van der Waals surface area contributed by atoms with E-state index in [1.54, 1.807) is 0 Å². The van der Waals surface area contributed by atoms with Gasteiger partial charge in [0.25, 0.3) is 0 Å². The first-order chi connectivity index (χ1) is 5.72. The summed E-state index contributed by atoms with van der Waals surface area (Å²) in [4.78, 5) is 4.09. The van der Waals surface area contributed by atoms with Crippen LogP contribution in [0.5, 0.6) is 0 Å². The zero-order valence-corrected chi connectivity index (χ0v) is 8.59. The second kappa shape index (κ2) is 7.04. The van der Waals surface area contributed by atoms with Crippen LogP contribution in [0.3, 0.4) is 0 Å². The highest BCUT2D eigenvalue weighted by Gasteiger charge is 2.01. The van der Waals surface area contributed by atoms with Crippen molar-refractivity contribution in [2.75, 3.05) is 13.6 Å². The summed E-state index contributed by atoms with van der Waals surface area (Å²) in [6, 6.07) is 0. The Morgan fingerprint density at radius 2 is 2.25 bits per heavy atom. The van der Waals surface area contributed by atoms with E-state index in [9.17, 15) is 0 Å². The van der Waals surface area contributed by atoms with Crippen molar-refractivity contribution in [3.63, 3.8) is 0 Å². The molecule has 1 N–H and O–H groups in total. The van der Waals surface area contributed by atoms with Crippen molar-refractivity contribution in [1.82, 2.24) is 5.32 Å². The van der Waals surface area contributed by atoms with Gasteiger partial charge in [-0.05, 0) is 39.8 Å². The molecule has 0 saturated carbocycles. The molecule has 0 fully saturated rings. The van der Waals surface area contributed by atoms with Gasteiger partial charge in [-0.2, -0.15) is 0 Å².